The summed E-state index contributed by atoms with van der Waals surface area (Å²) in [5.41, 5.74) is 0. The number of carbonyl (C=O) groups is 3. The minimum Gasteiger partial charge on any atom is -0.463 e. The number of ether oxygens (including phenoxy) is 3. The Balaban J connectivity index is 4.39. The fourth-order valence-corrected chi connectivity index (χ4v) is 11.3. The number of aliphatic hydroxyl groups excluding tert-OH is 2. The largest absolute Gasteiger partial charge is 0.472 e. The Morgan fingerprint density at radius 2 is 0.557 bits per heavy atom. The lowest BCUT2D eigenvalue weighted by atomic mass is 10.0. The summed E-state index contributed by atoms with van der Waals surface area (Å²) in [5.74, 6) is -1.64. The second-order valence-electron chi connectivity index (χ2n) is 24.7. The predicted molar refractivity (Wildman–Crippen MR) is 399 cm³/mol. The average molecular weight is 1400 g/mol. The SMILES string of the molecule is CC/C=C\C/C=C\C/C=C\C/C=C\C/C=C\C/C=C\CCCCCCCCCCCCCCCCC(=O)OCC(O)COP(=O)(O)OCC(O)COP(=O)(O)OCC(COC(=O)CCC/C=C\C/C=C\C/C=C\C/C=C\C/C=C\CC)OC(=O)CCCCCCCCCCCCC. The molecule has 5 unspecified atom stereocenters. The Bertz CT molecular complexity index is 2300. The Kier molecular flexibility index (Phi) is 68.3. The molecule has 0 radical (unpaired) electrons. The number of hydrogen-bond donors (Lipinski definition) is 4. The van der Waals surface area contributed by atoms with Crippen molar-refractivity contribution in [3.63, 3.8) is 0 Å². The van der Waals surface area contributed by atoms with Gasteiger partial charge in [0.1, 0.15) is 25.4 Å². The molecular formula is C79H134O16P2. The first-order valence-corrected chi connectivity index (χ1v) is 40.5. The van der Waals surface area contributed by atoms with Crippen molar-refractivity contribution in [3.05, 3.63) is 134 Å². The van der Waals surface area contributed by atoms with E-state index in [2.05, 4.69) is 142 Å². The van der Waals surface area contributed by atoms with Gasteiger partial charge in [0.05, 0.1) is 26.4 Å². The molecule has 0 saturated heterocycles. The van der Waals surface area contributed by atoms with Gasteiger partial charge in [0.15, 0.2) is 6.10 Å². The van der Waals surface area contributed by atoms with E-state index in [0.29, 0.717) is 25.7 Å². The number of phosphoric acid groups is 2. The molecule has 556 valence electrons. The van der Waals surface area contributed by atoms with Crippen molar-refractivity contribution in [2.24, 2.45) is 0 Å². The van der Waals surface area contributed by atoms with Crippen molar-refractivity contribution in [3.8, 4) is 0 Å². The standard InChI is InChI=1S/C79H134O16P2/c1-4-7-10-13-16-19-22-24-26-28-29-30-31-32-33-34-35-36-37-38-39-40-41-42-43-45-47-48-51-53-56-59-62-65-77(82)89-68-74(80)69-91-96(85,86)92-70-75(81)71-93-97(87,88)94-73-76(95-79(84)67-64-61-58-55-50-21-18-15-12-9-6-3)72-90-78(83)66-63-60-57-54-52-49-46-44-27-25-23-20-17-14-11-8-5-2/h7-8,10-11,16-17,19-20,24-27,29-30,32-33,35-36,46,49,54,57,74-76,80-81H,4-6,9,12-15,18,21-23,28,31,34,37-45,47-48,50-53,55-56,58-73H2,1-3H3,(H,85,86)(H,87,88)/b10-7-,11-8-,19-16-,20-17-,26-24-,27-25-,30-29-,33-32-,36-35-,49-46-,57-54-. The van der Waals surface area contributed by atoms with Gasteiger partial charge >= 0.3 is 33.6 Å². The van der Waals surface area contributed by atoms with Crippen LogP contribution < -0.4 is 0 Å². The van der Waals surface area contributed by atoms with E-state index in [1.807, 2.05) is 12.2 Å². The second kappa shape index (κ2) is 71.5. The summed E-state index contributed by atoms with van der Waals surface area (Å²) in [7, 11) is -9.79. The van der Waals surface area contributed by atoms with Crippen molar-refractivity contribution in [1.82, 2.24) is 0 Å². The highest BCUT2D eigenvalue weighted by molar-refractivity contribution is 7.47. The molecule has 0 aromatic heterocycles. The van der Waals surface area contributed by atoms with Crippen LogP contribution in [-0.4, -0.2) is 95.9 Å². The lowest BCUT2D eigenvalue weighted by Crippen LogP contribution is -2.30. The highest BCUT2D eigenvalue weighted by Crippen LogP contribution is 2.45. The number of allylic oxidation sites excluding steroid dienone is 22. The third kappa shape index (κ3) is 72.8. The molecule has 5 atom stereocenters. The van der Waals surface area contributed by atoms with E-state index >= 15 is 0 Å². The molecule has 0 spiro atoms. The molecule has 0 aromatic rings. The zero-order valence-corrected chi connectivity index (χ0v) is 62.2. The van der Waals surface area contributed by atoms with Crippen molar-refractivity contribution < 1.29 is 75.8 Å². The normalized spacial score (nSPS) is 14.8. The number of phosphoric ester groups is 2. The maximum Gasteiger partial charge on any atom is 0.472 e. The average Bonchev–Trinajstić information content (AvgIpc) is 1.59. The molecule has 0 aliphatic carbocycles. The smallest absolute Gasteiger partial charge is 0.463 e. The van der Waals surface area contributed by atoms with E-state index in [1.54, 1.807) is 0 Å². The number of hydrogen-bond acceptors (Lipinski definition) is 14. The van der Waals surface area contributed by atoms with Crippen LogP contribution in [0.1, 0.15) is 290 Å². The van der Waals surface area contributed by atoms with Crippen LogP contribution in [0.15, 0.2) is 134 Å². The monoisotopic (exact) mass is 1400 g/mol. The van der Waals surface area contributed by atoms with Gasteiger partial charge in [-0.2, -0.15) is 0 Å². The van der Waals surface area contributed by atoms with Crippen LogP contribution in [0.5, 0.6) is 0 Å². The first kappa shape index (κ1) is 92.7. The second-order valence-corrected chi connectivity index (χ2v) is 27.6. The van der Waals surface area contributed by atoms with Gasteiger partial charge in [-0.3, -0.25) is 32.5 Å². The third-order valence-corrected chi connectivity index (χ3v) is 17.3. The zero-order valence-electron chi connectivity index (χ0n) is 60.5. The Morgan fingerprint density at radius 1 is 0.299 bits per heavy atom. The van der Waals surface area contributed by atoms with Gasteiger partial charge < -0.3 is 34.2 Å². The highest BCUT2D eigenvalue weighted by Gasteiger charge is 2.29. The first-order chi connectivity index (χ1) is 47.2. The predicted octanol–water partition coefficient (Wildman–Crippen LogP) is 21.5. The summed E-state index contributed by atoms with van der Waals surface area (Å²) in [6.45, 7) is 2.37. The van der Waals surface area contributed by atoms with Gasteiger partial charge in [-0.1, -0.05) is 296 Å². The fraction of sp³-hybridized carbons (Fsp3) is 0.684. The van der Waals surface area contributed by atoms with E-state index in [9.17, 15) is 43.5 Å². The lowest BCUT2D eigenvalue weighted by molar-refractivity contribution is -0.161. The van der Waals surface area contributed by atoms with E-state index < -0.39 is 91.5 Å². The van der Waals surface area contributed by atoms with Gasteiger partial charge in [0.2, 0.25) is 0 Å². The molecule has 0 rings (SSSR count). The summed E-state index contributed by atoms with van der Waals surface area (Å²) < 4.78 is 60.9. The van der Waals surface area contributed by atoms with Gasteiger partial charge in [-0.15, -0.1) is 0 Å². The molecule has 0 aliphatic heterocycles. The van der Waals surface area contributed by atoms with Crippen LogP contribution >= 0.6 is 15.6 Å². The number of carbonyl (C=O) groups excluding carboxylic acids is 3. The van der Waals surface area contributed by atoms with Gasteiger partial charge in [0.25, 0.3) is 0 Å². The summed E-state index contributed by atoms with van der Waals surface area (Å²) in [6, 6.07) is 0. The van der Waals surface area contributed by atoms with E-state index in [0.717, 1.165) is 122 Å². The maximum absolute atomic E-state index is 12.9. The quantitative estimate of drug-likeness (QED) is 0.0146. The number of rotatable bonds is 70. The molecule has 16 nitrogen and oxygen atoms in total. The molecular weight excluding hydrogens is 1270 g/mol. The van der Waals surface area contributed by atoms with Crippen molar-refractivity contribution in [2.75, 3.05) is 39.6 Å². The molecule has 4 N–H and O–H groups in total. The molecule has 0 heterocycles. The van der Waals surface area contributed by atoms with Crippen LogP contribution in [-0.2, 0) is 55.8 Å². The number of esters is 3. The molecule has 18 heteroatoms. The van der Waals surface area contributed by atoms with E-state index in [1.165, 1.54) is 103 Å². The Morgan fingerprint density at radius 3 is 0.907 bits per heavy atom. The minimum absolute atomic E-state index is 0.0919. The molecule has 0 aromatic carbocycles. The van der Waals surface area contributed by atoms with Crippen molar-refractivity contribution >= 4 is 33.6 Å². The minimum atomic E-state index is -4.93. The van der Waals surface area contributed by atoms with Crippen LogP contribution in [0, 0.1) is 0 Å². The highest BCUT2D eigenvalue weighted by atomic mass is 31.2. The third-order valence-electron chi connectivity index (χ3n) is 15.4. The van der Waals surface area contributed by atoms with Crippen LogP contribution in [0.4, 0.5) is 0 Å². The summed E-state index contributed by atoms with van der Waals surface area (Å²) >= 11 is 0. The van der Waals surface area contributed by atoms with E-state index in [4.69, 9.17) is 32.3 Å². The lowest BCUT2D eigenvalue weighted by Gasteiger charge is -2.21. The van der Waals surface area contributed by atoms with Gasteiger partial charge in [0, 0.05) is 19.3 Å². The van der Waals surface area contributed by atoms with Crippen molar-refractivity contribution in [2.45, 2.75) is 309 Å². The first-order valence-electron chi connectivity index (χ1n) is 37.5. The number of aliphatic hydroxyl groups is 2. The molecule has 0 bridgehead atoms. The van der Waals surface area contributed by atoms with Crippen LogP contribution in [0.3, 0.4) is 0 Å². The van der Waals surface area contributed by atoms with Crippen LogP contribution in [0.2, 0.25) is 0 Å². The molecule has 0 fully saturated rings. The molecule has 0 saturated carbocycles. The van der Waals surface area contributed by atoms with Crippen molar-refractivity contribution in [1.29, 1.82) is 0 Å². The molecule has 97 heavy (non-hydrogen) atoms. The van der Waals surface area contributed by atoms with Gasteiger partial charge in [-0.25, -0.2) is 9.13 Å². The summed E-state index contributed by atoms with van der Waals surface area (Å²) in [6.07, 6.45) is 85.4. The Hall–Kier alpha value is -4.31. The summed E-state index contributed by atoms with van der Waals surface area (Å²) in [4.78, 5) is 58.4. The van der Waals surface area contributed by atoms with Gasteiger partial charge in [-0.05, 0) is 109 Å². The Labute approximate surface area is 588 Å². The summed E-state index contributed by atoms with van der Waals surface area (Å²) in [5, 5.41) is 20.6. The number of unbranched alkanes of at least 4 members (excludes halogenated alkanes) is 25. The maximum atomic E-state index is 12.9. The van der Waals surface area contributed by atoms with Crippen LogP contribution in [0.25, 0.3) is 0 Å². The fourth-order valence-electron chi connectivity index (χ4n) is 9.73. The molecule has 0 aliphatic rings. The molecule has 0 amide bonds. The topological polar surface area (TPSA) is 231 Å². The van der Waals surface area contributed by atoms with E-state index in [-0.39, 0.29) is 19.3 Å². The zero-order chi connectivity index (χ0) is 70.9.